The molecule has 0 saturated carbocycles. The first-order valence-electron chi connectivity index (χ1n) is 4.21. The van der Waals surface area contributed by atoms with E-state index in [1.165, 1.54) is 0 Å². The molecule has 0 aliphatic heterocycles. The first kappa shape index (κ1) is 12.5. The highest BCUT2D eigenvalue weighted by Gasteiger charge is 2.00. The highest BCUT2D eigenvalue weighted by Crippen LogP contribution is 1.99. The summed E-state index contributed by atoms with van der Waals surface area (Å²) in [5, 5.41) is 3.00. The quantitative estimate of drug-likeness (QED) is 0.532. The van der Waals surface area contributed by atoms with E-state index in [9.17, 15) is 4.79 Å². The second-order valence-corrected chi connectivity index (χ2v) is 4.23. The minimum Gasteiger partial charge on any atom is -0.341 e. The average molecular weight is 202 g/mol. The molecule has 0 bridgehead atoms. The van der Waals surface area contributed by atoms with Gasteiger partial charge in [-0.15, -0.1) is 11.8 Å². The summed E-state index contributed by atoms with van der Waals surface area (Å²) in [7, 11) is 3.93. The predicted octanol–water partition coefficient (Wildman–Crippen LogP) is 0.929. The fraction of sp³-hybridized carbons (Fsp3) is 0.667. The number of carbonyl (C=O) groups is 1. The SMILES string of the molecule is CSC(C)NC(=O)/C=C/CN(C)C. The summed E-state index contributed by atoms with van der Waals surface area (Å²) in [5.74, 6) is -0.0244. The van der Waals surface area contributed by atoms with E-state index in [0.717, 1.165) is 6.54 Å². The lowest BCUT2D eigenvalue weighted by Gasteiger charge is -2.08. The fourth-order valence-corrected chi connectivity index (χ4v) is 0.912. The lowest BCUT2D eigenvalue weighted by atomic mass is 10.4. The number of hydrogen-bond donors (Lipinski definition) is 1. The number of thioether (sulfide) groups is 1. The van der Waals surface area contributed by atoms with Crippen LogP contribution in [0.2, 0.25) is 0 Å². The van der Waals surface area contributed by atoms with Crippen LogP contribution in [0.25, 0.3) is 0 Å². The Morgan fingerprint density at radius 3 is 2.69 bits per heavy atom. The van der Waals surface area contributed by atoms with Crippen molar-refractivity contribution in [1.29, 1.82) is 0 Å². The summed E-state index contributed by atoms with van der Waals surface area (Å²) >= 11 is 1.62. The van der Waals surface area contributed by atoms with E-state index in [4.69, 9.17) is 0 Å². The number of likely N-dealkylation sites (N-methyl/N-ethyl adjacent to an activating group) is 1. The number of carbonyl (C=O) groups excluding carboxylic acids is 1. The predicted molar refractivity (Wildman–Crippen MR) is 58.8 cm³/mol. The van der Waals surface area contributed by atoms with Gasteiger partial charge in [-0.1, -0.05) is 6.08 Å². The van der Waals surface area contributed by atoms with Gasteiger partial charge >= 0.3 is 0 Å². The fourth-order valence-electron chi connectivity index (χ4n) is 0.678. The molecule has 1 atom stereocenters. The zero-order chi connectivity index (χ0) is 10.3. The van der Waals surface area contributed by atoms with Gasteiger partial charge in [0, 0.05) is 12.6 Å². The molecule has 0 aliphatic carbocycles. The summed E-state index contributed by atoms with van der Waals surface area (Å²) in [6, 6.07) is 0. The maximum Gasteiger partial charge on any atom is 0.244 e. The minimum atomic E-state index is -0.0244. The molecule has 13 heavy (non-hydrogen) atoms. The molecule has 0 spiro atoms. The van der Waals surface area contributed by atoms with Gasteiger partial charge in [-0.2, -0.15) is 0 Å². The van der Waals surface area contributed by atoms with Crippen molar-refractivity contribution in [2.24, 2.45) is 0 Å². The van der Waals surface area contributed by atoms with E-state index in [2.05, 4.69) is 5.32 Å². The van der Waals surface area contributed by atoms with Crippen LogP contribution in [0.4, 0.5) is 0 Å². The molecule has 76 valence electrons. The van der Waals surface area contributed by atoms with Gasteiger partial charge in [-0.25, -0.2) is 0 Å². The third-order valence-corrected chi connectivity index (χ3v) is 2.26. The molecule has 1 amide bonds. The monoisotopic (exact) mass is 202 g/mol. The van der Waals surface area contributed by atoms with E-state index in [1.54, 1.807) is 17.8 Å². The normalized spacial score (nSPS) is 13.6. The van der Waals surface area contributed by atoms with E-state index in [0.29, 0.717) is 0 Å². The number of nitrogens with zero attached hydrogens (tertiary/aromatic N) is 1. The first-order valence-corrected chi connectivity index (χ1v) is 5.49. The van der Waals surface area contributed by atoms with Gasteiger partial charge < -0.3 is 10.2 Å². The van der Waals surface area contributed by atoms with Gasteiger partial charge in [0.05, 0.1) is 5.37 Å². The Balaban J connectivity index is 3.67. The molecule has 4 heteroatoms. The van der Waals surface area contributed by atoms with Gasteiger partial charge in [-0.05, 0) is 27.3 Å². The van der Waals surface area contributed by atoms with Crippen LogP contribution in [0.1, 0.15) is 6.92 Å². The van der Waals surface area contributed by atoms with Crippen LogP contribution in [0.5, 0.6) is 0 Å². The van der Waals surface area contributed by atoms with Crippen LogP contribution >= 0.6 is 11.8 Å². The topological polar surface area (TPSA) is 32.3 Å². The molecular weight excluding hydrogens is 184 g/mol. The van der Waals surface area contributed by atoms with Crippen molar-refractivity contribution in [3.05, 3.63) is 12.2 Å². The number of hydrogen-bond acceptors (Lipinski definition) is 3. The van der Waals surface area contributed by atoms with E-state index in [-0.39, 0.29) is 11.3 Å². The van der Waals surface area contributed by atoms with Crippen LogP contribution in [-0.4, -0.2) is 43.1 Å². The molecule has 1 N–H and O–H groups in total. The van der Waals surface area contributed by atoms with Gasteiger partial charge in [-0.3, -0.25) is 4.79 Å². The Morgan fingerprint density at radius 1 is 1.62 bits per heavy atom. The standard InChI is InChI=1S/C9H18N2OS/c1-8(13-4)10-9(12)6-5-7-11(2)3/h5-6,8H,7H2,1-4H3,(H,10,12)/b6-5+. The van der Waals surface area contributed by atoms with Gasteiger partial charge in [0.15, 0.2) is 0 Å². The van der Waals surface area contributed by atoms with Crippen molar-refractivity contribution in [3.8, 4) is 0 Å². The zero-order valence-corrected chi connectivity index (χ0v) is 9.52. The number of nitrogens with one attached hydrogen (secondary N) is 1. The summed E-state index contributed by atoms with van der Waals surface area (Å²) in [6.45, 7) is 2.75. The Morgan fingerprint density at radius 2 is 2.23 bits per heavy atom. The second kappa shape index (κ2) is 6.97. The Kier molecular flexibility index (Phi) is 6.72. The molecule has 1 unspecified atom stereocenters. The molecule has 0 radical (unpaired) electrons. The Hall–Kier alpha value is -0.480. The molecule has 0 aromatic heterocycles. The lowest BCUT2D eigenvalue weighted by Crippen LogP contribution is -2.28. The summed E-state index contributed by atoms with van der Waals surface area (Å²) in [6.07, 6.45) is 5.39. The molecule has 0 heterocycles. The van der Waals surface area contributed by atoms with Gasteiger partial charge in [0.1, 0.15) is 0 Å². The molecule has 3 nitrogen and oxygen atoms in total. The van der Waals surface area contributed by atoms with Crippen molar-refractivity contribution in [1.82, 2.24) is 10.2 Å². The Bertz CT molecular complexity index is 180. The van der Waals surface area contributed by atoms with Gasteiger partial charge in [0.2, 0.25) is 5.91 Å². The highest BCUT2D eigenvalue weighted by atomic mass is 32.2. The van der Waals surface area contributed by atoms with E-state index in [1.807, 2.05) is 38.3 Å². The van der Waals surface area contributed by atoms with E-state index >= 15 is 0 Å². The van der Waals surface area contributed by atoms with E-state index < -0.39 is 0 Å². The van der Waals surface area contributed by atoms with Crippen LogP contribution in [0.3, 0.4) is 0 Å². The third-order valence-electron chi connectivity index (χ3n) is 1.44. The highest BCUT2D eigenvalue weighted by molar-refractivity contribution is 7.99. The van der Waals surface area contributed by atoms with Crippen molar-refractivity contribution in [2.45, 2.75) is 12.3 Å². The van der Waals surface area contributed by atoms with Crippen molar-refractivity contribution in [3.63, 3.8) is 0 Å². The smallest absolute Gasteiger partial charge is 0.244 e. The lowest BCUT2D eigenvalue weighted by molar-refractivity contribution is -0.116. The Labute approximate surface area is 84.6 Å². The van der Waals surface area contributed by atoms with Crippen LogP contribution in [0.15, 0.2) is 12.2 Å². The summed E-state index contributed by atoms with van der Waals surface area (Å²) in [4.78, 5) is 13.2. The first-order chi connectivity index (χ1) is 6.06. The number of rotatable bonds is 5. The molecule has 0 aromatic carbocycles. The maximum absolute atomic E-state index is 11.2. The molecular formula is C9H18N2OS. The largest absolute Gasteiger partial charge is 0.341 e. The molecule has 0 aromatic rings. The molecule has 0 fully saturated rings. The average Bonchev–Trinajstić information content (AvgIpc) is 2.03. The summed E-state index contributed by atoms with van der Waals surface area (Å²) in [5.41, 5.74) is 0. The summed E-state index contributed by atoms with van der Waals surface area (Å²) < 4.78 is 0. The zero-order valence-electron chi connectivity index (χ0n) is 8.70. The van der Waals surface area contributed by atoms with Crippen molar-refractivity contribution >= 4 is 17.7 Å². The third kappa shape index (κ3) is 7.87. The van der Waals surface area contributed by atoms with Crippen LogP contribution < -0.4 is 5.32 Å². The second-order valence-electron chi connectivity index (χ2n) is 3.05. The van der Waals surface area contributed by atoms with Crippen LogP contribution in [-0.2, 0) is 4.79 Å². The molecule has 0 rings (SSSR count). The van der Waals surface area contributed by atoms with Crippen LogP contribution in [0, 0.1) is 0 Å². The van der Waals surface area contributed by atoms with Crippen molar-refractivity contribution in [2.75, 3.05) is 26.9 Å². The minimum absolute atomic E-state index is 0.0244. The van der Waals surface area contributed by atoms with Crippen molar-refractivity contribution < 1.29 is 4.79 Å². The van der Waals surface area contributed by atoms with Gasteiger partial charge in [0.25, 0.3) is 0 Å². The number of amides is 1. The molecule has 0 aliphatic rings. The molecule has 0 saturated heterocycles. The maximum atomic E-state index is 11.2.